The Kier molecular flexibility index (Phi) is 3.52. The van der Waals surface area contributed by atoms with Crippen molar-refractivity contribution in [1.29, 1.82) is 0 Å². The van der Waals surface area contributed by atoms with Gasteiger partial charge in [0.15, 0.2) is 11.5 Å². The van der Waals surface area contributed by atoms with Crippen LogP contribution in [0.2, 0.25) is 0 Å². The predicted octanol–water partition coefficient (Wildman–Crippen LogP) is 1.75. The van der Waals surface area contributed by atoms with Gasteiger partial charge in [0.25, 0.3) is 0 Å². The molecule has 0 radical (unpaired) electrons. The standard InChI is InChI=1S/C10H14O3S/c1-7-5-8(12-2)9(13-3)6-10(7)14(4)11/h5-6H,1-4H3/t14-/m1/s1. The molecule has 1 rings (SSSR count). The Morgan fingerprint density at radius 1 is 1.14 bits per heavy atom. The van der Waals surface area contributed by atoms with Crippen molar-refractivity contribution in [3.05, 3.63) is 17.7 Å². The molecule has 0 spiro atoms. The Balaban J connectivity index is 3.30. The van der Waals surface area contributed by atoms with Crippen molar-refractivity contribution in [2.45, 2.75) is 11.8 Å². The monoisotopic (exact) mass is 214 g/mol. The fourth-order valence-corrected chi connectivity index (χ4v) is 2.06. The summed E-state index contributed by atoms with van der Waals surface area (Å²) in [7, 11) is 2.15. The summed E-state index contributed by atoms with van der Waals surface area (Å²) >= 11 is 0. The lowest BCUT2D eigenvalue weighted by molar-refractivity contribution is 0.353. The third-order valence-electron chi connectivity index (χ3n) is 1.99. The van der Waals surface area contributed by atoms with Gasteiger partial charge in [-0.25, -0.2) is 0 Å². The number of hydrogen-bond acceptors (Lipinski definition) is 3. The predicted molar refractivity (Wildman–Crippen MR) is 56.6 cm³/mol. The summed E-state index contributed by atoms with van der Waals surface area (Å²) in [6, 6.07) is 3.58. The number of methoxy groups -OCH3 is 2. The topological polar surface area (TPSA) is 35.5 Å². The maximum atomic E-state index is 11.3. The summed E-state index contributed by atoms with van der Waals surface area (Å²) in [5.41, 5.74) is 0.948. The number of benzene rings is 1. The van der Waals surface area contributed by atoms with Crippen molar-refractivity contribution >= 4 is 10.8 Å². The van der Waals surface area contributed by atoms with E-state index in [1.165, 1.54) is 0 Å². The number of rotatable bonds is 3. The van der Waals surface area contributed by atoms with Crippen molar-refractivity contribution in [2.24, 2.45) is 0 Å². The highest BCUT2D eigenvalue weighted by molar-refractivity contribution is 7.84. The second-order valence-electron chi connectivity index (χ2n) is 2.93. The molecule has 0 aliphatic rings. The lowest BCUT2D eigenvalue weighted by Crippen LogP contribution is -1.96. The summed E-state index contributed by atoms with van der Waals surface area (Å²) < 4.78 is 21.6. The second kappa shape index (κ2) is 4.46. The van der Waals surface area contributed by atoms with Gasteiger partial charge >= 0.3 is 0 Å². The number of aryl methyl sites for hydroxylation is 1. The number of ether oxygens (including phenoxy) is 2. The SMILES string of the molecule is COc1cc(C)c([S@@](C)=O)cc1OC. The van der Waals surface area contributed by atoms with Gasteiger partial charge in [-0.05, 0) is 18.6 Å². The highest BCUT2D eigenvalue weighted by Crippen LogP contribution is 2.31. The van der Waals surface area contributed by atoms with Gasteiger partial charge in [-0.3, -0.25) is 4.21 Å². The molecule has 0 fully saturated rings. The van der Waals surface area contributed by atoms with Crippen LogP contribution in [0.15, 0.2) is 17.0 Å². The lowest BCUT2D eigenvalue weighted by atomic mass is 10.2. The van der Waals surface area contributed by atoms with Crippen LogP contribution in [0.1, 0.15) is 5.56 Å². The summed E-state index contributed by atoms with van der Waals surface area (Å²) in [4.78, 5) is 0.780. The van der Waals surface area contributed by atoms with E-state index in [0.29, 0.717) is 11.5 Å². The molecule has 0 aliphatic carbocycles. The van der Waals surface area contributed by atoms with Crippen LogP contribution in [0.3, 0.4) is 0 Å². The third-order valence-corrected chi connectivity index (χ3v) is 3.05. The van der Waals surface area contributed by atoms with Crippen molar-refractivity contribution in [3.63, 3.8) is 0 Å². The van der Waals surface area contributed by atoms with Crippen LogP contribution in [0.5, 0.6) is 11.5 Å². The van der Waals surface area contributed by atoms with E-state index < -0.39 is 10.8 Å². The van der Waals surface area contributed by atoms with Gasteiger partial charge in [0, 0.05) is 17.2 Å². The highest BCUT2D eigenvalue weighted by Gasteiger charge is 2.10. The van der Waals surface area contributed by atoms with Gasteiger partial charge in [0.2, 0.25) is 0 Å². The van der Waals surface area contributed by atoms with Crippen LogP contribution in [0, 0.1) is 6.92 Å². The van der Waals surface area contributed by atoms with Gasteiger partial charge < -0.3 is 9.47 Å². The Labute approximate surface area is 86.5 Å². The molecule has 0 unspecified atom stereocenters. The largest absolute Gasteiger partial charge is 0.493 e. The molecule has 0 saturated carbocycles. The van der Waals surface area contributed by atoms with Gasteiger partial charge in [0.1, 0.15) is 0 Å². The molecule has 4 heteroatoms. The van der Waals surface area contributed by atoms with Crippen LogP contribution in [0.4, 0.5) is 0 Å². The molecule has 3 nitrogen and oxygen atoms in total. The quantitative estimate of drug-likeness (QED) is 0.769. The molecule has 0 amide bonds. The zero-order chi connectivity index (χ0) is 10.7. The van der Waals surface area contributed by atoms with E-state index in [1.807, 2.05) is 13.0 Å². The fourth-order valence-electron chi connectivity index (χ4n) is 1.27. The molecule has 1 aromatic rings. The molecular formula is C10H14O3S. The van der Waals surface area contributed by atoms with Crippen LogP contribution < -0.4 is 9.47 Å². The molecule has 78 valence electrons. The normalized spacial score (nSPS) is 12.3. The first kappa shape index (κ1) is 11.0. The summed E-state index contributed by atoms with van der Waals surface area (Å²) in [6.45, 7) is 1.90. The molecule has 0 N–H and O–H groups in total. The van der Waals surface area contributed by atoms with Crippen LogP contribution in [0.25, 0.3) is 0 Å². The van der Waals surface area contributed by atoms with Crippen LogP contribution in [-0.4, -0.2) is 24.7 Å². The van der Waals surface area contributed by atoms with Crippen molar-refractivity contribution in [3.8, 4) is 11.5 Å². The van der Waals surface area contributed by atoms with Gasteiger partial charge in [-0.2, -0.15) is 0 Å². The fraction of sp³-hybridized carbons (Fsp3) is 0.400. The zero-order valence-corrected chi connectivity index (χ0v) is 9.60. The van der Waals surface area contributed by atoms with Crippen molar-refractivity contribution in [1.82, 2.24) is 0 Å². The van der Waals surface area contributed by atoms with E-state index >= 15 is 0 Å². The van der Waals surface area contributed by atoms with E-state index in [0.717, 1.165) is 10.5 Å². The van der Waals surface area contributed by atoms with Gasteiger partial charge in [-0.15, -0.1) is 0 Å². The average Bonchev–Trinajstić information content (AvgIpc) is 2.16. The van der Waals surface area contributed by atoms with Crippen LogP contribution in [-0.2, 0) is 10.8 Å². The Hall–Kier alpha value is -1.03. The van der Waals surface area contributed by atoms with Crippen LogP contribution >= 0.6 is 0 Å². The average molecular weight is 214 g/mol. The molecule has 0 saturated heterocycles. The lowest BCUT2D eigenvalue weighted by Gasteiger charge is -2.10. The van der Waals surface area contributed by atoms with Gasteiger partial charge in [0.05, 0.1) is 25.0 Å². The zero-order valence-electron chi connectivity index (χ0n) is 8.79. The summed E-state index contributed by atoms with van der Waals surface area (Å²) in [5.74, 6) is 1.28. The minimum Gasteiger partial charge on any atom is -0.493 e. The van der Waals surface area contributed by atoms with Gasteiger partial charge in [-0.1, -0.05) is 0 Å². The Morgan fingerprint density at radius 3 is 2.07 bits per heavy atom. The van der Waals surface area contributed by atoms with E-state index in [4.69, 9.17) is 9.47 Å². The van der Waals surface area contributed by atoms with Crippen molar-refractivity contribution in [2.75, 3.05) is 20.5 Å². The minimum absolute atomic E-state index is 0.614. The molecule has 0 heterocycles. The first-order valence-electron chi connectivity index (χ1n) is 4.16. The Morgan fingerprint density at radius 2 is 1.64 bits per heavy atom. The smallest absolute Gasteiger partial charge is 0.161 e. The molecule has 14 heavy (non-hydrogen) atoms. The van der Waals surface area contributed by atoms with E-state index in [1.54, 1.807) is 26.5 Å². The minimum atomic E-state index is -0.998. The van der Waals surface area contributed by atoms with E-state index in [2.05, 4.69) is 0 Å². The second-order valence-corrected chi connectivity index (χ2v) is 4.27. The third kappa shape index (κ3) is 2.07. The summed E-state index contributed by atoms with van der Waals surface area (Å²) in [6.07, 6.45) is 1.65. The first-order chi connectivity index (χ1) is 6.60. The molecule has 1 aromatic carbocycles. The molecule has 0 aromatic heterocycles. The molecule has 1 atom stereocenters. The summed E-state index contributed by atoms with van der Waals surface area (Å²) in [5, 5.41) is 0. The molecule has 0 bridgehead atoms. The van der Waals surface area contributed by atoms with E-state index in [9.17, 15) is 4.21 Å². The highest BCUT2D eigenvalue weighted by atomic mass is 32.2. The van der Waals surface area contributed by atoms with Crippen molar-refractivity contribution < 1.29 is 13.7 Å². The maximum absolute atomic E-state index is 11.3. The number of hydrogen-bond donors (Lipinski definition) is 0. The van der Waals surface area contributed by atoms with E-state index in [-0.39, 0.29) is 0 Å². The first-order valence-corrected chi connectivity index (χ1v) is 5.72. The maximum Gasteiger partial charge on any atom is 0.161 e. The Bertz CT molecular complexity index is 361. The molecule has 0 aliphatic heterocycles. The molecular weight excluding hydrogens is 200 g/mol.